The Bertz CT molecular complexity index is 365. The van der Waals surface area contributed by atoms with Crippen molar-refractivity contribution in [3.8, 4) is 0 Å². The number of halogens is 1. The maximum atomic E-state index is 11.7. The van der Waals surface area contributed by atoms with Gasteiger partial charge in [0.25, 0.3) is 5.91 Å². The van der Waals surface area contributed by atoms with E-state index in [0.717, 1.165) is 4.47 Å². The van der Waals surface area contributed by atoms with E-state index < -0.39 is 5.60 Å². The first kappa shape index (κ1) is 14.0. The summed E-state index contributed by atoms with van der Waals surface area (Å²) in [6, 6.07) is 1.77. The number of thiophene rings is 1. The lowest BCUT2D eigenvalue weighted by Gasteiger charge is -2.22. The molecule has 0 spiro atoms. The predicted molar refractivity (Wildman–Crippen MR) is 73.4 cm³/mol. The topological polar surface area (TPSA) is 49.3 Å². The Labute approximate surface area is 112 Å². The minimum Gasteiger partial charge on any atom is -0.387 e. The summed E-state index contributed by atoms with van der Waals surface area (Å²) in [5.74, 6) is 0.457. The molecule has 0 saturated heterocycles. The minimum atomic E-state index is -0.858. The van der Waals surface area contributed by atoms with E-state index >= 15 is 0 Å². The zero-order chi connectivity index (χ0) is 12.2. The number of amides is 1. The molecule has 0 aliphatic carbocycles. The molecule has 1 aromatic heterocycles. The molecule has 1 aromatic rings. The van der Waals surface area contributed by atoms with Crippen LogP contribution in [0, 0.1) is 0 Å². The molecule has 0 fully saturated rings. The lowest BCUT2D eigenvalue weighted by molar-refractivity contribution is 0.0727. The van der Waals surface area contributed by atoms with E-state index in [1.807, 2.05) is 11.6 Å². The second-order valence-electron chi connectivity index (χ2n) is 3.74. The number of carbonyl (C=O) groups excluding carboxylic acids is 1. The highest BCUT2D eigenvalue weighted by molar-refractivity contribution is 9.10. The Morgan fingerprint density at radius 1 is 1.75 bits per heavy atom. The predicted octanol–water partition coefficient (Wildman–Crippen LogP) is 2.35. The highest BCUT2D eigenvalue weighted by atomic mass is 79.9. The van der Waals surface area contributed by atoms with Crippen LogP contribution in [0.3, 0.4) is 0 Å². The third kappa shape index (κ3) is 4.45. The fraction of sp³-hybridized carbons (Fsp3) is 0.500. The van der Waals surface area contributed by atoms with Gasteiger partial charge in [0, 0.05) is 22.2 Å². The lowest BCUT2D eigenvalue weighted by Crippen LogP contribution is -2.42. The molecule has 2 N–H and O–H groups in total. The average molecular weight is 324 g/mol. The zero-order valence-corrected chi connectivity index (χ0v) is 12.3. The van der Waals surface area contributed by atoms with Gasteiger partial charge in [0.1, 0.15) is 0 Å². The van der Waals surface area contributed by atoms with Crippen molar-refractivity contribution in [1.29, 1.82) is 0 Å². The van der Waals surface area contributed by atoms with Crippen LogP contribution in [-0.4, -0.2) is 35.2 Å². The van der Waals surface area contributed by atoms with E-state index in [2.05, 4.69) is 21.2 Å². The largest absolute Gasteiger partial charge is 0.387 e. The van der Waals surface area contributed by atoms with Gasteiger partial charge in [-0.25, -0.2) is 0 Å². The summed E-state index contributed by atoms with van der Waals surface area (Å²) < 4.78 is 0.901. The Balaban J connectivity index is 2.47. The van der Waals surface area contributed by atoms with Crippen LogP contribution in [0.25, 0.3) is 0 Å². The van der Waals surface area contributed by atoms with Gasteiger partial charge >= 0.3 is 0 Å². The van der Waals surface area contributed by atoms with Gasteiger partial charge in [0.15, 0.2) is 0 Å². The van der Waals surface area contributed by atoms with E-state index in [-0.39, 0.29) is 12.5 Å². The lowest BCUT2D eigenvalue weighted by atomic mass is 10.1. The minimum absolute atomic E-state index is 0.142. The standard InChI is InChI=1S/C10H14BrNO2S2/c1-10(14,6-15-2)5-12-9(13)8-3-7(11)4-16-8/h3-4,14H,5-6H2,1-2H3,(H,12,13)/t10-/m1/s1. The van der Waals surface area contributed by atoms with Crippen LogP contribution in [0.15, 0.2) is 15.9 Å². The van der Waals surface area contributed by atoms with Gasteiger partial charge in [0.05, 0.1) is 10.5 Å². The van der Waals surface area contributed by atoms with Crippen molar-refractivity contribution in [2.75, 3.05) is 18.6 Å². The molecule has 0 aliphatic rings. The van der Waals surface area contributed by atoms with E-state index in [4.69, 9.17) is 0 Å². The average Bonchev–Trinajstić information content (AvgIpc) is 2.61. The molecule has 0 unspecified atom stereocenters. The number of nitrogens with one attached hydrogen (secondary N) is 1. The van der Waals surface area contributed by atoms with Crippen LogP contribution in [0.2, 0.25) is 0 Å². The van der Waals surface area contributed by atoms with E-state index in [0.29, 0.717) is 10.6 Å². The van der Waals surface area contributed by atoms with Crippen molar-refractivity contribution in [2.45, 2.75) is 12.5 Å². The molecule has 16 heavy (non-hydrogen) atoms. The van der Waals surface area contributed by atoms with Crippen molar-refractivity contribution in [3.63, 3.8) is 0 Å². The summed E-state index contributed by atoms with van der Waals surface area (Å²) in [6.07, 6.45) is 1.92. The summed E-state index contributed by atoms with van der Waals surface area (Å²) in [7, 11) is 0. The van der Waals surface area contributed by atoms with E-state index in [1.54, 1.807) is 24.8 Å². The second-order valence-corrected chi connectivity index (χ2v) is 6.43. The van der Waals surface area contributed by atoms with Gasteiger partial charge in [-0.2, -0.15) is 11.8 Å². The Hall–Kier alpha value is -0.0400. The quantitative estimate of drug-likeness (QED) is 0.874. The molecule has 1 rings (SSSR count). The third-order valence-corrected chi connectivity index (χ3v) is 4.48. The van der Waals surface area contributed by atoms with Crippen LogP contribution < -0.4 is 5.32 Å². The van der Waals surface area contributed by atoms with Crippen LogP contribution >= 0.6 is 39.0 Å². The molecule has 0 aliphatic heterocycles. The van der Waals surface area contributed by atoms with Crippen molar-refractivity contribution in [1.82, 2.24) is 5.32 Å². The molecule has 0 saturated carbocycles. The maximum Gasteiger partial charge on any atom is 0.261 e. The molecule has 90 valence electrons. The molecule has 0 radical (unpaired) electrons. The molecule has 1 amide bonds. The SMILES string of the molecule is CSC[C@](C)(O)CNC(=O)c1cc(Br)cs1. The number of aliphatic hydroxyl groups is 1. The molecule has 0 aromatic carbocycles. The van der Waals surface area contributed by atoms with Crippen LogP contribution in [-0.2, 0) is 0 Å². The number of rotatable bonds is 5. The molecular weight excluding hydrogens is 310 g/mol. The van der Waals surface area contributed by atoms with Crippen LogP contribution in [0.4, 0.5) is 0 Å². The van der Waals surface area contributed by atoms with E-state index in [9.17, 15) is 9.90 Å². The number of hydrogen-bond acceptors (Lipinski definition) is 4. The first-order valence-electron chi connectivity index (χ1n) is 4.68. The van der Waals surface area contributed by atoms with Crippen molar-refractivity contribution < 1.29 is 9.90 Å². The van der Waals surface area contributed by atoms with Gasteiger partial charge in [0.2, 0.25) is 0 Å². The monoisotopic (exact) mass is 323 g/mol. The van der Waals surface area contributed by atoms with Gasteiger partial charge < -0.3 is 10.4 Å². The fourth-order valence-corrected chi connectivity index (χ4v) is 3.22. The number of carbonyl (C=O) groups is 1. The first-order chi connectivity index (χ1) is 7.44. The summed E-state index contributed by atoms with van der Waals surface area (Å²) in [4.78, 5) is 12.3. The van der Waals surface area contributed by atoms with Crippen molar-refractivity contribution in [2.24, 2.45) is 0 Å². The number of hydrogen-bond donors (Lipinski definition) is 2. The summed E-state index contributed by atoms with van der Waals surface area (Å²) in [5, 5.41) is 14.5. The zero-order valence-electron chi connectivity index (χ0n) is 9.12. The van der Waals surface area contributed by atoms with Gasteiger partial charge in [-0.3, -0.25) is 4.79 Å². The van der Waals surface area contributed by atoms with E-state index in [1.165, 1.54) is 11.3 Å². The van der Waals surface area contributed by atoms with Crippen LogP contribution in [0.5, 0.6) is 0 Å². The van der Waals surface area contributed by atoms with Crippen LogP contribution in [0.1, 0.15) is 16.6 Å². The fourth-order valence-electron chi connectivity index (χ4n) is 1.15. The molecule has 3 nitrogen and oxygen atoms in total. The van der Waals surface area contributed by atoms with Gasteiger partial charge in [-0.15, -0.1) is 11.3 Å². The molecular formula is C10H14BrNO2S2. The molecule has 0 bridgehead atoms. The summed E-state index contributed by atoms with van der Waals surface area (Å²) in [5.41, 5.74) is -0.858. The molecule has 6 heteroatoms. The summed E-state index contributed by atoms with van der Waals surface area (Å²) >= 11 is 6.22. The first-order valence-corrected chi connectivity index (χ1v) is 7.75. The van der Waals surface area contributed by atoms with Crippen molar-refractivity contribution >= 4 is 44.9 Å². The Kier molecular flexibility index (Phi) is 5.30. The smallest absolute Gasteiger partial charge is 0.261 e. The molecule has 1 atom stereocenters. The van der Waals surface area contributed by atoms with Gasteiger partial charge in [-0.1, -0.05) is 0 Å². The Morgan fingerprint density at radius 3 is 2.94 bits per heavy atom. The summed E-state index contributed by atoms with van der Waals surface area (Å²) in [6.45, 7) is 1.98. The highest BCUT2D eigenvalue weighted by Gasteiger charge is 2.21. The van der Waals surface area contributed by atoms with Gasteiger partial charge in [-0.05, 0) is 35.2 Å². The Morgan fingerprint density at radius 2 is 2.44 bits per heavy atom. The normalized spacial score (nSPS) is 14.5. The highest BCUT2D eigenvalue weighted by Crippen LogP contribution is 2.19. The molecule has 1 heterocycles. The second kappa shape index (κ2) is 6.05. The maximum absolute atomic E-state index is 11.7. The van der Waals surface area contributed by atoms with Crippen molar-refractivity contribution in [3.05, 3.63) is 20.8 Å². The number of thioether (sulfide) groups is 1. The third-order valence-electron chi connectivity index (χ3n) is 1.88.